The molecule has 13 aromatic rings. The average Bonchev–Trinajstić information content (AvgIpc) is 3.72. The Hall–Kier alpha value is -8.66. The minimum atomic E-state index is 0.867. The molecule has 0 radical (unpaired) electrons. The molecule has 11 aromatic carbocycles. The van der Waals surface area contributed by atoms with Gasteiger partial charge in [-0.1, -0.05) is 194 Å². The summed E-state index contributed by atoms with van der Waals surface area (Å²) in [6, 6.07) is 83.3. The van der Waals surface area contributed by atoms with Gasteiger partial charge in [0.05, 0.1) is 34.0 Å². The molecule has 2 aromatic heterocycles. The summed E-state index contributed by atoms with van der Waals surface area (Å²) in [6.45, 7) is 0. The van der Waals surface area contributed by atoms with E-state index in [1.54, 1.807) is 0 Å². The third-order valence-electron chi connectivity index (χ3n) is 13.3. The van der Waals surface area contributed by atoms with Crippen LogP contribution >= 0.6 is 0 Å². The number of rotatable bonds is 6. The molecular weight excluding hydrogens is 787 g/mol. The van der Waals surface area contributed by atoms with Crippen LogP contribution in [0.2, 0.25) is 0 Å². The van der Waals surface area contributed by atoms with Gasteiger partial charge in [0.25, 0.3) is 0 Å². The summed E-state index contributed by atoms with van der Waals surface area (Å²) < 4.78 is 2.39. The molecule has 3 heteroatoms. The van der Waals surface area contributed by atoms with Crippen molar-refractivity contribution < 1.29 is 0 Å². The molecule has 0 aliphatic rings. The van der Waals surface area contributed by atoms with Crippen LogP contribution in [0.3, 0.4) is 0 Å². The molecule has 0 N–H and O–H groups in total. The second kappa shape index (κ2) is 15.0. The van der Waals surface area contributed by atoms with Crippen LogP contribution in [0.4, 0.5) is 0 Å². The highest BCUT2D eigenvalue weighted by Gasteiger charge is 2.16. The van der Waals surface area contributed by atoms with E-state index in [4.69, 9.17) is 9.97 Å². The van der Waals surface area contributed by atoms with Crippen LogP contribution in [0.15, 0.2) is 237 Å². The van der Waals surface area contributed by atoms with E-state index in [1.807, 2.05) is 6.20 Å². The molecule has 65 heavy (non-hydrogen) atoms. The van der Waals surface area contributed by atoms with E-state index in [9.17, 15) is 0 Å². The molecule has 0 spiro atoms. The maximum absolute atomic E-state index is 5.21. The summed E-state index contributed by atoms with van der Waals surface area (Å²) in [5.41, 5.74) is 16.9. The second-order valence-corrected chi connectivity index (χ2v) is 16.9. The van der Waals surface area contributed by atoms with Gasteiger partial charge in [-0.15, -0.1) is 0 Å². The van der Waals surface area contributed by atoms with Gasteiger partial charge in [-0.05, 0) is 102 Å². The fourth-order valence-electron chi connectivity index (χ4n) is 10.0. The lowest BCUT2D eigenvalue weighted by Crippen LogP contribution is -1.94. The van der Waals surface area contributed by atoms with Crippen LogP contribution in [0.1, 0.15) is 0 Å². The van der Waals surface area contributed by atoms with Crippen molar-refractivity contribution >= 4 is 65.2 Å². The van der Waals surface area contributed by atoms with Gasteiger partial charge >= 0.3 is 0 Å². The molecule has 0 bridgehead atoms. The summed E-state index contributed by atoms with van der Waals surface area (Å²) in [4.78, 5) is 10.2. The summed E-state index contributed by atoms with van der Waals surface area (Å²) in [5.74, 6) is 0. The zero-order chi connectivity index (χ0) is 42.8. The molecule has 0 aliphatic heterocycles. The predicted octanol–water partition coefficient (Wildman–Crippen LogP) is 16.5. The Morgan fingerprint density at radius 3 is 1.48 bits per heavy atom. The van der Waals surface area contributed by atoms with Crippen molar-refractivity contribution in [1.29, 1.82) is 0 Å². The Bertz CT molecular complexity index is 3930. The van der Waals surface area contributed by atoms with Crippen molar-refractivity contribution in [2.75, 3.05) is 0 Å². The Morgan fingerprint density at radius 1 is 0.292 bits per heavy atom. The van der Waals surface area contributed by atoms with Crippen LogP contribution in [0.5, 0.6) is 0 Å². The molecular formula is C62H39N3. The topological polar surface area (TPSA) is 30.7 Å². The Labute approximate surface area is 376 Å². The van der Waals surface area contributed by atoms with Crippen molar-refractivity contribution in [3.05, 3.63) is 237 Å². The van der Waals surface area contributed by atoms with Crippen LogP contribution in [-0.2, 0) is 0 Å². The van der Waals surface area contributed by atoms with Gasteiger partial charge < -0.3 is 4.57 Å². The van der Waals surface area contributed by atoms with Gasteiger partial charge in [-0.2, -0.15) is 0 Å². The van der Waals surface area contributed by atoms with Crippen LogP contribution < -0.4 is 0 Å². The molecule has 0 atom stereocenters. The van der Waals surface area contributed by atoms with Crippen LogP contribution in [0, 0.1) is 0 Å². The van der Waals surface area contributed by atoms with Gasteiger partial charge in [0, 0.05) is 32.8 Å². The van der Waals surface area contributed by atoms with Crippen molar-refractivity contribution in [1.82, 2.24) is 14.5 Å². The lowest BCUT2D eigenvalue weighted by molar-refractivity contribution is 1.18. The first-order chi connectivity index (χ1) is 32.2. The number of para-hydroxylation sites is 1. The van der Waals surface area contributed by atoms with Gasteiger partial charge in [0.2, 0.25) is 0 Å². The molecule has 0 amide bonds. The fourth-order valence-corrected chi connectivity index (χ4v) is 10.0. The molecule has 13 rings (SSSR count). The average molecular weight is 826 g/mol. The number of benzene rings is 11. The zero-order valence-corrected chi connectivity index (χ0v) is 35.4. The standard InChI is InChI=1S/C62H39N3/c1-2-15-50-43(11-1)12-10-21-51(50)44-31-34-49(35-32-44)65-59-22-8-7-18-54(59)57-38-48(33-36-60(57)65)42-25-23-40(24-26-42)46-13-9-14-47(37-46)41-27-29-45(30-28-41)58-39-63-61-55-19-5-3-16-52(55)53-17-4-6-20-56(53)62(61)64-58/h1-39H. The SMILES string of the molecule is c1cc(-c2ccc(-c3ccc4c(c3)c3ccccc3n4-c3ccc(-c4cccc5ccccc45)cc3)cc2)cc(-c2ccc(-c3cnc4c5ccccc5c5ccccc5c4n3)cc2)c1. The molecule has 3 nitrogen and oxygen atoms in total. The minimum absolute atomic E-state index is 0.867. The van der Waals surface area contributed by atoms with Gasteiger partial charge in [-0.3, -0.25) is 4.98 Å². The van der Waals surface area contributed by atoms with E-state index in [0.717, 1.165) is 44.3 Å². The van der Waals surface area contributed by atoms with Gasteiger partial charge in [-0.25, -0.2) is 4.98 Å². The fraction of sp³-hybridized carbons (Fsp3) is 0. The van der Waals surface area contributed by atoms with E-state index in [1.165, 1.54) is 82.3 Å². The van der Waals surface area contributed by atoms with E-state index < -0.39 is 0 Å². The van der Waals surface area contributed by atoms with E-state index in [0.29, 0.717) is 0 Å². The molecule has 0 saturated heterocycles. The summed E-state index contributed by atoms with van der Waals surface area (Å²) in [6.07, 6.45) is 1.91. The Balaban J connectivity index is 0.781. The minimum Gasteiger partial charge on any atom is -0.309 e. The summed E-state index contributed by atoms with van der Waals surface area (Å²) in [7, 11) is 0. The molecule has 0 saturated carbocycles. The largest absolute Gasteiger partial charge is 0.309 e. The van der Waals surface area contributed by atoms with Gasteiger partial charge in [0.15, 0.2) is 0 Å². The predicted molar refractivity (Wildman–Crippen MR) is 274 cm³/mol. The molecule has 0 unspecified atom stereocenters. The first-order valence-corrected chi connectivity index (χ1v) is 22.2. The van der Waals surface area contributed by atoms with Crippen molar-refractivity contribution in [2.24, 2.45) is 0 Å². The van der Waals surface area contributed by atoms with Crippen molar-refractivity contribution in [3.63, 3.8) is 0 Å². The quantitative estimate of drug-likeness (QED) is 0.156. The summed E-state index contributed by atoms with van der Waals surface area (Å²) >= 11 is 0. The van der Waals surface area contributed by atoms with Crippen LogP contribution in [0.25, 0.3) is 127 Å². The van der Waals surface area contributed by atoms with Crippen molar-refractivity contribution in [3.8, 4) is 61.5 Å². The van der Waals surface area contributed by atoms with E-state index >= 15 is 0 Å². The highest BCUT2D eigenvalue weighted by molar-refractivity contribution is 6.23. The maximum Gasteiger partial charge on any atom is 0.0979 e. The van der Waals surface area contributed by atoms with Crippen LogP contribution in [-0.4, -0.2) is 14.5 Å². The Morgan fingerprint density at radius 2 is 0.785 bits per heavy atom. The first-order valence-electron chi connectivity index (χ1n) is 22.2. The highest BCUT2D eigenvalue weighted by Crippen LogP contribution is 2.38. The molecule has 0 fully saturated rings. The molecule has 302 valence electrons. The first kappa shape index (κ1) is 36.9. The number of hydrogen-bond donors (Lipinski definition) is 0. The van der Waals surface area contributed by atoms with Crippen molar-refractivity contribution in [2.45, 2.75) is 0 Å². The third-order valence-corrected chi connectivity index (χ3v) is 13.3. The number of aromatic nitrogens is 3. The van der Waals surface area contributed by atoms with E-state index in [2.05, 4.69) is 235 Å². The Kier molecular flexibility index (Phi) is 8.53. The molecule has 0 aliphatic carbocycles. The lowest BCUT2D eigenvalue weighted by atomic mass is 9.96. The second-order valence-electron chi connectivity index (χ2n) is 16.9. The molecule has 2 heterocycles. The summed E-state index contributed by atoms with van der Waals surface area (Å²) in [5, 5.41) is 9.67. The van der Waals surface area contributed by atoms with E-state index in [-0.39, 0.29) is 0 Å². The number of nitrogens with zero attached hydrogens (tertiary/aromatic N) is 3. The number of fused-ring (bicyclic) bond motifs is 10. The third kappa shape index (κ3) is 6.20. The zero-order valence-electron chi connectivity index (χ0n) is 35.4. The highest BCUT2D eigenvalue weighted by atomic mass is 15.0. The number of hydrogen-bond acceptors (Lipinski definition) is 2. The lowest BCUT2D eigenvalue weighted by Gasteiger charge is -2.11. The maximum atomic E-state index is 5.21. The normalized spacial score (nSPS) is 11.7. The monoisotopic (exact) mass is 825 g/mol. The smallest absolute Gasteiger partial charge is 0.0979 e. The van der Waals surface area contributed by atoms with Gasteiger partial charge in [0.1, 0.15) is 0 Å².